The summed E-state index contributed by atoms with van der Waals surface area (Å²) in [5.41, 5.74) is 0. The van der Waals surface area contributed by atoms with E-state index in [9.17, 15) is 19.8 Å². The number of hydrogen-bond acceptors (Lipinski definition) is 5. The Balaban J connectivity index is 3.38. The molecule has 0 aliphatic carbocycles. The van der Waals surface area contributed by atoms with Crippen LogP contribution in [0.3, 0.4) is 0 Å². The largest absolute Gasteiger partial charge is 0.466 e. The fraction of sp³-hybridized carbons (Fsp3) is 0.915. The van der Waals surface area contributed by atoms with Crippen LogP contribution in [0, 0.1) is 0 Å². The third kappa shape index (κ3) is 63.4. The van der Waals surface area contributed by atoms with Crippen LogP contribution in [0.2, 0.25) is 0 Å². The molecule has 77 heavy (non-hydrogen) atoms. The molecule has 2 unspecified atom stereocenters. The van der Waals surface area contributed by atoms with Crippen molar-refractivity contribution in [3.63, 3.8) is 0 Å². The summed E-state index contributed by atoms with van der Waals surface area (Å²) in [4.78, 5) is 24.6. The first-order chi connectivity index (χ1) is 38.0. The molecule has 0 saturated heterocycles. The number of amides is 1. The Morgan fingerprint density at radius 1 is 0.351 bits per heavy atom. The second-order valence-corrected chi connectivity index (χ2v) is 24.2. The summed E-state index contributed by atoms with van der Waals surface area (Å²) >= 11 is 0. The highest BCUT2D eigenvalue weighted by atomic mass is 16.5. The summed E-state index contributed by atoms with van der Waals surface area (Å²) in [7, 11) is 0. The Hall–Kier alpha value is -1.66. The van der Waals surface area contributed by atoms with Crippen molar-refractivity contribution >= 4 is 11.9 Å². The fourth-order valence-corrected chi connectivity index (χ4v) is 11.1. The number of aliphatic hydroxyl groups is 2. The van der Waals surface area contributed by atoms with Crippen LogP contribution in [-0.2, 0) is 14.3 Å². The van der Waals surface area contributed by atoms with Crippen LogP contribution >= 0.6 is 0 Å². The highest BCUT2D eigenvalue weighted by Crippen LogP contribution is 2.19. The zero-order valence-electron chi connectivity index (χ0n) is 52.2. The van der Waals surface area contributed by atoms with Crippen molar-refractivity contribution in [1.29, 1.82) is 0 Å². The van der Waals surface area contributed by atoms with Gasteiger partial charge in [0.1, 0.15) is 0 Å². The van der Waals surface area contributed by atoms with Crippen LogP contribution in [-0.4, -0.2) is 47.4 Å². The molecule has 0 aromatic carbocycles. The standard InChI is InChI=1S/C71H137NO5/c1-3-5-7-9-11-13-15-17-19-21-31-35-39-43-47-51-55-59-63-69(74)68(67-73)72-70(75)64-60-56-52-48-44-40-36-32-29-27-25-23-24-26-28-30-34-38-42-46-50-54-58-62-66-77-71(76)65-61-57-53-49-45-41-37-33-22-20-18-16-14-12-10-8-6-4-2/h20,22,59,63,68-69,73-74H,3-19,21,23-58,60-62,64-67H2,1-2H3,(H,72,75)/b22-20-,63-59+. The third-order valence-electron chi connectivity index (χ3n) is 16.5. The number of nitrogens with one attached hydrogen (secondary N) is 1. The maximum atomic E-state index is 12.5. The molecule has 0 radical (unpaired) electrons. The smallest absolute Gasteiger partial charge is 0.305 e. The molecule has 0 aliphatic rings. The van der Waals surface area contributed by atoms with Crippen LogP contribution in [0.4, 0.5) is 0 Å². The number of rotatable bonds is 66. The molecule has 0 aliphatic heterocycles. The van der Waals surface area contributed by atoms with Gasteiger partial charge in [0.15, 0.2) is 0 Å². The van der Waals surface area contributed by atoms with Gasteiger partial charge in [0.2, 0.25) is 5.91 Å². The predicted octanol–water partition coefficient (Wildman–Crippen LogP) is 22.5. The van der Waals surface area contributed by atoms with Crippen LogP contribution in [0.15, 0.2) is 24.3 Å². The molecule has 0 heterocycles. The monoisotopic (exact) mass is 1080 g/mol. The van der Waals surface area contributed by atoms with Gasteiger partial charge in [-0.1, -0.05) is 346 Å². The predicted molar refractivity (Wildman–Crippen MR) is 338 cm³/mol. The molecular weight excluding hydrogens is 947 g/mol. The van der Waals surface area contributed by atoms with Crippen molar-refractivity contribution in [2.24, 2.45) is 0 Å². The first-order valence-electron chi connectivity index (χ1n) is 35.1. The number of ether oxygens (including phenoxy) is 1. The lowest BCUT2D eigenvalue weighted by atomic mass is 10.0. The second-order valence-electron chi connectivity index (χ2n) is 24.2. The first-order valence-corrected chi connectivity index (χ1v) is 35.1. The molecule has 2 atom stereocenters. The summed E-state index contributed by atoms with van der Waals surface area (Å²) < 4.78 is 5.50. The molecule has 0 bridgehead atoms. The molecule has 3 N–H and O–H groups in total. The van der Waals surface area contributed by atoms with Gasteiger partial charge in [0.05, 0.1) is 25.4 Å². The summed E-state index contributed by atoms with van der Waals surface area (Å²) in [5.74, 6) is -0.0506. The highest BCUT2D eigenvalue weighted by Gasteiger charge is 2.18. The van der Waals surface area contributed by atoms with E-state index in [0.29, 0.717) is 19.4 Å². The van der Waals surface area contributed by atoms with Crippen LogP contribution in [0.1, 0.15) is 393 Å². The van der Waals surface area contributed by atoms with Gasteiger partial charge in [-0.15, -0.1) is 0 Å². The van der Waals surface area contributed by atoms with Crippen molar-refractivity contribution in [3.8, 4) is 0 Å². The van der Waals surface area contributed by atoms with Gasteiger partial charge in [0.25, 0.3) is 0 Å². The van der Waals surface area contributed by atoms with E-state index in [-0.39, 0.29) is 18.5 Å². The summed E-state index contributed by atoms with van der Waals surface area (Å²) in [6, 6.07) is -0.627. The number of esters is 1. The van der Waals surface area contributed by atoms with Crippen molar-refractivity contribution in [2.45, 2.75) is 405 Å². The molecule has 6 nitrogen and oxygen atoms in total. The molecule has 6 heteroatoms. The molecule has 0 rings (SSSR count). The third-order valence-corrected chi connectivity index (χ3v) is 16.5. The van der Waals surface area contributed by atoms with E-state index in [1.54, 1.807) is 6.08 Å². The zero-order valence-corrected chi connectivity index (χ0v) is 52.2. The quantitative estimate of drug-likeness (QED) is 0.0320. The minimum atomic E-state index is -0.844. The number of aliphatic hydroxyl groups excluding tert-OH is 2. The van der Waals surface area contributed by atoms with Gasteiger partial charge in [0, 0.05) is 12.8 Å². The van der Waals surface area contributed by atoms with Crippen LogP contribution < -0.4 is 5.32 Å². The summed E-state index contributed by atoms with van der Waals surface area (Å²) in [6.45, 7) is 4.94. The number of unbranched alkanes of at least 4 members (excludes halogenated alkanes) is 53. The van der Waals surface area contributed by atoms with E-state index < -0.39 is 12.1 Å². The van der Waals surface area contributed by atoms with E-state index in [0.717, 1.165) is 44.9 Å². The lowest BCUT2D eigenvalue weighted by molar-refractivity contribution is -0.143. The minimum Gasteiger partial charge on any atom is -0.466 e. The Labute approximate surface area is 481 Å². The van der Waals surface area contributed by atoms with Gasteiger partial charge in [-0.05, 0) is 57.8 Å². The number of carbonyl (C=O) groups excluding carboxylic acids is 2. The minimum absolute atomic E-state index is 0.0129. The Kier molecular flexibility index (Phi) is 65.4. The lowest BCUT2D eigenvalue weighted by Gasteiger charge is -2.20. The van der Waals surface area contributed by atoms with Gasteiger partial charge < -0.3 is 20.3 Å². The molecule has 0 fully saturated rings. The number of hydrogen-bond donors (Lipinski definition) is 3. The average Bonchev–Trinajstić information content (AvgIpc) is 3.43. The fourth-order valence-electron chi connectivity index (χ4n) is 11.1. The lowest BCUT2D eigenvalue weighted by Crippen LogP contribution is -2.45. The highest BCUT2D eigenvalue weighted by molar-refractivity contribution is 5.76. The maximum absolute atomic E-state index is 12.5. The molecule has 0 spiro atoms. The summed E-state index contributed by atoms with van der Waals surface area (Å²) in [5, 5.41) is 23.2. The SMILES string of the molecule is CCCCCCCCC/C=C\CCCCCCCCCC(=O)OCCCCCCCCCCCCCCCCCCCCCCCCCCC(=O)NC(CO)C(O)/C=C/CCCCCCCCCCCCCCCCCC. The Bertz CT molecular complexity index is 1200. The average molecular weight is 1080 g/mol. The van der Waals surface area contributed by atoms with Gasteiger partial charge in [-0.25, -0.2) is 0 Å². The molecule has 456 valence electrons. The van der Waals surface area contributed by atoms with E-state index in [1.165, 1.54) is 321 Å². The Morgan fingerprint density at radius 3 is 0.922 bits per heavy atom. The maximum Gasteiger partial charge on any atom is 0.305 e. The molecule has 0 aromatic heterocycles. The van der Waals surface area contributed by atoms with Crippen LogP contribution in [0.25, 0.3) is 0 Å². The molecule has 0 aromatic rings. The van der Waals surface area contributed by atoms with Crippen molar-refractivity contribution in [1.82, 2.24) is 5.32 Å². The van der Waals surface area contributed by atoms with E-state index in [2.05, 4.69) is 31.3 Å². The van der Waals surface area contributed by atoms with Gasteiger partial charge in [-0.3, -0.25) is 9.59 Å². The van der Waals surface area contributed by atoms with Gasteiger partial charge in [-0.2, -0.15) is 0 Å². The Morgan fingerprint density at radius 2 is 0.610 bits per heavy atom. The topological polar surface area (TPSA) is 95.9 Å². The van der Waals surface area contributed by atoms with E-state index >= 15 is 0 Å². The summed E-state index contributed by atoms with van der Waals surface area (Å²) in [6.07, 6.45) is 83.9. The molecular formula is C71H137NO5. The molecule has 1 amide bonds. The van der Waals surface area contributed by atoms with Crippen molar-refractivity contribution in [2.75, 3.05) is 13.2 Å². The first kappa shape index (κ1) is 75.3. The van der Waals surface area contributed by atoms with Crippen molar-refractivity contribution < 1.29 is 24.5 Å². The number of allylic oxidation sites excluding steroid dienone is 3. The van der Waals surface area contributed by atoms with Gasteiger partial charge >= 0.3 is 5.97 Å². The van der Waals surface area contributed by atoms with E-state index in [4.69, 9.17) is 4.74 Å². The number of carbonyl (C=O) groups is 2. The van der Waals surface area contributed by atoms with Crippen molar-refractivity contribution in [3.05, 3.63) is 24.3 Å². The normalized spacial score (nSPS) is 12.6. The second kappa shape index (κ2) is 66.8. The molecule has 0 saturated carbocycles. The van der Waals surface area contributed by atoms with E-state index in [1.807, 2.05) is 6.08 Å². The van der Waals surface area contributed by atoms with Crippen LogP contribution in [0.5, 0.6) is 0 Å². The zero-order chi connectivity index (χ0) is 55.7.